The third kappa shape index (κ3) is 5.83. The summed E-state index contributed by atoms with van der Waals surface area (Å²) in [5.74, 6) is 1.42. The fourth-order valence-electron chi connectivity index (χ4n) is 3.95. The quantitative estimate of drug-likeness (QED) is 0.141. The molecule has 0 aliphatic rings. The Morgan fingerprint density at radius 3 is 2.35 bits per heavy atom. The minimum Gasteiger partial charge on any atom is -0.493 e. The summed E-state index contributed by atoms with van der Waals surface area (Å²) in [4.78, 5) is 8.31. The number of rotatable bonds is 10. The molecule has 1 heterocycles. The molecule has 0 saturated carbocycles. The summed E-state index contributed by atoms with van der Waals surface area (Å²) in [5, 5.41) is 0.690. The Morgan fingerprint density at radius 1 is 0.946 bits per heavy atom. The van der Waals surface area contributed by atoms with Gasteiger partial charge in [-0.05, 0) is 54.1 Å². The van der Waals surface area contributed by atoms with E-state index in [4.69, 9.17) is 24.9 Å². The second-order valence-corrected chi connectivity index (χ2v) is 9.93. The number of thioether (sulfide) groups is 1. The van der Waals surface area contributed by atoms with Gasteiger partial charge in [0.1, 0.15) is 17.4 Å². The summed E-state index contributed by atoms with van der Waals surface area (Å²) < 4.78 is 43.9. The monoisotopic (exact) mass is 525 g/mol. The van der Waals surface area contributed by atoms with Gasteiger partial charge in [0.25, 0.3) is 0 Å². The van der Waals surface area contributed by atoms with Crippen LogP contribution in [0.3, 0.4) is 0 Å². The number of benzene rings is 3. The zero-order valence-electron chi connectivity index (χ0n) is 21.1. The number of anilines is 1. The maximum absolute atomic E-state index is 13.7. The van der Waals surface area contributed by atoms with E-state index in [1.807, 2.05) is 18.2 Å². The average Bonchev–Trinajstić information content (AvgIpc) is 3.33. The number of nitrogens with two attached hydrogens (primary N) is 1. The fourth-order valence-corrected chi connectivity index (χ4v) is 4.64. The third-order valence-corrected chi connectivity index (χ3v) is 6.93. The van der Waals surface area contributed by atoms with Crippen molar-refractivity contribution in [2.45, 2.75) is 24.4 Å². The second kappa shape index (κ2) is 11.1. The highest BCUT2D eigenvalue weighted by atomic mass is 32.2. The molecule has 3 aromatic carbocycles. The first kappa shape index (κ1) is 26.3. The maximum Gasteiger partial charge on any atom is 0.166 e. The zero-order chi connectivity index (χ0) is 26.6. The molecule has 0 amide bonds. The molecule has 1 aromatic heterocycles. The Bertz CT molecular complexity index is 1370. The number of imidazole rings is 1. The first-order valence-corrected chi connectivity index (χ1v) is 12.6. The fraction of sp³-hybridized carbons (Fsp3) is 0.250. The number of H-pyrrole nitrogens is 1. The lowest BCUT2D eigenvalue weighted by Gasteiger charge is -2.26. The van der Waals surface area contributed by atoms with Crippen LogP contribution in [-0.4, -0.2) is 36.5 Å². The number of nitrogens with one attached hydrogen (secondary N) is 1. The van der Waals surface area contributed by atoms with Gasteiger partial charge in [0.15, 0.2) is 16.7 Å². The molecule has 194 valence electrons. The Kier molecular flexibility index (Phi) is 7.92. The maximum atomic E-state index is 13.7. The number of nitrogen functional groups attached to an aromatic ring is 1. The number of halogens is 2. The highest BCUT2D eigenvalue weighted by molar-refractivity contribution is 7.99. The smallest absolute Gasteiger partial charge is 0.166 e. The molecule has 0 atom stereocenters. The number of nitrogens with zero attached hydrogens (tertiary/aromatic N) is 1. The van der Waals surface area contributed by atoms with Crippen molar-refractivity contribution in [3.8, 4) is 28.5 Å². The van der Waals surface area contributed by atoms with Crippen LogP contribution in [-0.2, 0) is 5.41 Å². The minimum absolute atomic E-state index is 0.0789. The van der Waals surface area contributed by atoms with Crippen LogP contribution in [0.4, 0.5) is 14.5 Å². The van der Waals surface area contributed by atoms with E-state index in [0.717, 1.165) is 22.5 Å². The topological polar surface area (TPSA) is 82.4 Å². The van der Waals surface area contributed by atoms with Crippen LogP contribution < -0.4 is 19.9 Å². The predicted octanol–water partition coefficient (Wildman–Crippen LogP) is 6.45. The van der Waals surface area contributed by atoms with Gasteiger partial charge in [-0.2, -0.15) is 0 Å². The molecule has 3 N–H and O–H groups in total. The number of methoxy groups -OCH3 is 2. The Morgan fingerprint density at radius 2 is 1.68 bits per heavy atom. The lowest BCUT2D eigenvalue weighted by Crippen LogP contribution is -2.20. The lowest BCUT2D eigenvalue weighted by atomic mass is 9.79. The number of aromatic amines is 1. The normalized spacial score (nSPS) is 11.4. The molecule has 0 saturated heterocycles. The summed E-state index contributed by atoms with van der Waals surface area (Å²) in [5.41, 5.74) is 8.47. The minimum atomic E-state index is -0.512. The molecule has 0 spiro atoms. The lowest BCUT2D eigenvalue weighted by molar-refractivity contribution is 0.342. The van der Waals surface area contributed by atoms with Crippen LogP contribution in [0.25, 0.3) is 11.3 Å². The molecule has 4 aromatic rings. The molecule has 0 radical (unpaired) electrons. The van der Waals surface area contributed by atoms with E-state index in [1.54, 1.807) is 32.4 Å². The van der Waals surface area contributed by atoms with Gasteiger partial charge in [-0.25, -0.2) is 13.8 Å². The summed E-state index contributed by atoms with van der Waals surface area (Å²) in [6.07, 6.45) is 0. The standard InChI is InChI=1S/C28H29F2N3O3S/c1-28(2,18-7-12-23(34-3)24(15-18)35-4)26-25(17-5-8-19(29)9-6-17)32-27(33-26)37-14-13-36-20-10-11-22(31)21(30)16-20/h5-12,15-16H,13-14,31H2,1-4H3,(H,32,33). The first-order chi connectivity index (χ1) is 17.7. The van der Waals surface area contributed by atoms with Crippen molar-refractivity contribution in [1.82, 2.24) is 9.97 Å². The van der Waals surface area contributed by atoms with E-state index >= 15 is 0 Å². The SMILES string of the molecule is COc1ccc(C(C)(C)c2[nH]c(SCCOc3ccc(N)c(F)c3)nc2-c2ccc(F)cc2)cc1OC. The van der Waals surface area contributed by atoms with Gasteiger partial charge in [0.2, 0.25) is 0 Å². The van der Waals surface area contributed by atoms with E-state index in [2.05, 4.69) is 18.8 Å². The van der Waals surface area contributed by atoms with Crippen LogP contribution in [0.15, 0.2) is 65.8 Å². The summed E-state index contributed by atoms with van der Waals surface area (Å²) in [6.45, 7) is 4.51. The summed E-state index contributed by atoms with van der Waals surface area (Å²) in [6, 6.07) is 16.4. The third-order valence-electron chi connectivity index (χ3n) is 6.09. The van der Waals surface area contributed by atoms with Crippen LogP contribution in [0.1, 0.15) is 25.1 Å². The van der Waals surface area contributed by atoms with Gasteiger partial charge < -0.3 is 24.9 Å². The van der Waals surface area contributed by atoms with Crippen molar-refractivity contribution in [2.24, 2.45) is 0 Å². The van der Waals surface area contributed by atoms with E-state index in [-0.39, 0.29) is 11.5 Å². The molecule has 6 nitrogen and oxygen atoms in total. The molecule has 37 heavy (non-hydrogen) atoms. The van der Waals surface area contributed by atoms with Crippen molar-refractivity contribution >= 4 is 17.4 Å². The highest BCUT2D eigenvalue weighted by Gasteiger charge is 2.31. The van der Waals surface area contributed by atoms with Gasteiger partial charge in [-0.15, -0.1) is 0 Å². The molecule has 0 aliphatic heterocycles. The van der Waals surface area contributed by atoms with E-state index in [9.17, 15) is 8.78 Å². The first-order valence-electron chi connectivity index (χ1n) is 11.6. The van der Waals surface area contributed by atoms with E-state index in [0.29, 0.717) is 34.8 Å². The van der Waals surface area contributed by atoms with Crippen LogP contribution in [0.2, 0.25) is 0 Å². The Labute approximate surface area is 219 Å². The van der Waals surface area contributed by atoms with Crippen LogP contribution in [0, 0.1) is 11.6 Å². The van der Waals surface area contributed by atoms with E-state index < -0.39 is 11.2 Å². The Hall–Kier alpha value is -3.72. The van der Waals surface area contributed by atoms with Crippen molar-refractivity contribution in [3.63, 3.8) is 0 Å². The van der Waals surface area contributed by atoms with Gasteiger partial charge >= 0.3 is 0 Å². The van der Waals surface area contributed by atoms with Crippen LogP contribution >= 0.6 is 11.8 Å². The molecule has 9 heteroatoms. The Balaban J connectivity index is 1.61. The van der Waals surface area contributed by atoms with E-state index in [1.165, 1.54) is 36.0 Å². The molecule has 0 bridgehead atoms. The number of hydrogen-bond acceptors (Lipinski definition) is 6. The van der Waals surface area contributed by atoms with Crippen molar-refractivity contribution in [3.05, 3.63) is 83.6 Å². The molecule has 0 aliphatic carbocycles. The van der Waals surface area contributed by atoms with Crippen LogP contribution in [0.5, 0.6) is 17.2 Å². The molecule has 4 rings (SSSR count). The number of aromatic nitrogens is 2. The highest BCUT2D eigenvalue weighted by Crippen LogP contribution is 2.41. The van der Waals surface area contributed by atoms with Crippen molar-refractivity contribution < 1.29 is 23.0 Å². The van der Waals surface area contributed by atoms with Gasteiger partial charge in [0.05, 0.1) is 37.9 Å². The predicted molar refractivity (Wildman–Crippen MR) is 143 cm³/mol. The number of hydrogen-bond donors (Lipinski definition) is 2. The molecule has 0 unspecified atom stereocenters. The molecule has 0 fully saturated rings. The second-order valence-electron chi connectivity index (χ2n) is 8.85. The van der Waals surface area contributed by atoms with Crippen molar-refractivity contribution in [2.75, 3.05) is 32.3 Å². The largest absolute Gasteiger partial charge is 0.493 e. The average molecular weight is 526 g/mol. The van der Waals surface area contributed by atoms with Gasteiger partial charge in [0, 0.05) is 22.8 Å². The summed E-state index contributed by atoms with van der Waals surface area (Å²) in [7, 11) is 3.20. The number of ether oxygens (including phenoxy) is 3. The zero-order valence-corrected chi connectivity index (χ0v) is 21.9. The van der Waals surface area contributed by atoms with Gasteiger partial charge in [-0.1, -0.05) is 31.7 Å². The van der Waals surface area contributed by atoms with Crippen molar-refractivity contribution in [1.29, 1.82) is 0 Å². The molecular formula is C28H29F2N3O3S. The summed E-state index contributed by atoms with van der Waals surface area (Å²) >= 11 is 1.48. The molecular weight excluding hydrogens is 496 g/mol. The van der Waals surface area contributed by atoms with Gasteiger partial charge in [-0.3, -0.25) is 0 Å².